The van der Waals surface area contributed by atoms with Crippen LogP contribution < -0.4 is 16.1 Å². The van der Waals surface area contributed by atoms with Crippen molar-refractivity contribution in [1.29, 1.82) is 0 Å². The van der Waals surface area contributed by atoms with Crippen LogP contribution in [-0.2, 0) is 16.1 Å². The van der Waals surface area contributed by atoms with Gasteiger partial charge in [0.05, 0.1) is 6.54 Å². The van der Waals surface area contributed by atoms with Gasteiger partial charge in [-0.3, -0.25) is 19.6 Å². The maximum Gasteiger partial charge on any atom is 0.253 e. The van der Waals surface area contributed by atoms with Crippen LogP contribution in [0, 0.1) is 0 Å². The molecule has 8 heteroatoms. The first-order valence-electron chi connectivity index (χ1n) is 9.86. The van der Waals surface area contributed by atoms with E-state index >= 15 is 0 Å². The first-order chi connectivity index (χ1) is 14.4. The summed E-state index contributed by atoms with van der Waals surface area (Å²) in [5, 5.41) is 8.66. The minimum atomic E-state index is -0.632. The normalized spacial score (nSPS) is 10.4. The molecule has 2 aromatic carbocycles. The van der Waals surface area contributed by atoms with Gasteiger partial charge in [0.2, 0.25) is 11.8 Å². The van der Waals surface area contributed by atoms with E-state index in [9.17, 15) is 14.4 Å². The fraction of sp³-hybridized carbons (Fsp3) is 0.318. The van der Waals surface area contributed by atoms with Crippen LogP contribution in [0.2, 0.25) is 0 Å². The fourth-order valence-electron chi connectivity index (χ4n) is 3.07. The number of hydroxylamine groups is 1. The van der Waals surface area contributed by atoms with Crippen molar-refractivity contribution in [2.24, 2.45) is 0 Å². The first-order valence-corrected chi connectivity index (χ1v) is 9.86. The predicted octanol–water partition coefficient (Wildman–Crippen LogP) is 2.57. The molecule has 3 amide bonds. The maximum atomic E-state index is 12.8. The molecule has 0 bridgehead atoms. The van der Waals surface area contributed by atoms with E-state index in [0.29, 0.717) is 30.0 Å². The van der Waals surface area contributed by atoms with E-state index < -0.39 is 5.91 Å². The summed E-state index contributed by atoms with van der Waals surface area (Å²) in [7, 11) is 0. The quantitative estimate of drug-likeness (QED) is 0.333. The Kier molecular flexibility index (Phi) is 8.37. The number of anilines is 2. The summed E-state index contributed by atoms with van der Waals surface area (Å²) in [6.07, 6.45) is -0.212. The molecule has 0 aliphatic heterocycles. The van der Waals surface area contributed by atoms with Gasteiger partial charge < -0.3 is 15.5 Å². The van der Waals surface area contributed by atoms with Gasteiger partial charge in [0.25, 0.3) is 5.91 Å². The Morgan fingerprint density at radius 2 is 1.67 bits per heavy atom. The lowest BCUT2D eigenvalue weighted by atomic mass is 10.1. The Morgan fingerprint density at radius 3 is 2.27 bits per heavy atom. The van der Waals surface area contributed by atoms with Gasteiger partial charge in [-0.05, 0) is 55.8 Å². The Hall–Kier alpha value is -3.39. The number of rotatable bonds is 9. The number of benzene rings is 2. The standard InChI is InChI=1S/C22H28N4O4/c1-3-25(4-2)22(29)17-7-5-6-16(14-17)15-26(19-10-8-18(23)9-11-19)21(28)13-12-20(27)24-30/h5-11,14,30H,3-4,12-13,15,23H2,1-2H3,(H,24,27). The summed E-state index contributed by atoms with van der Waals surface area (Å²) in [6.45, 7) is 5.30. The highest BCUT2D eigenvalue weighted by Gasteiger charge is 2.19. The fourth-order valence-corrected chi connectivity index (χ4v) is 3.07. The molecule has 0 heterocycles. The average Bonchev–Trinajstić information content (AvgIpc) is 2.77. The molecule has 0 radical (unpaired) electrons. The zero-order chi connectivity index (χ0) is 22.1. The molecule has 0 spiro atoms. The van der Waals surface area contributed by atoms with Crippen LogP contribution in [0.1, 0.15) is 42.6 Å². The maximum absolute atomic E-state index is 12.8. The number of carbonyl (C=O) groups excluding carboxylic acids is 3. The summed E-state index contributed by atoms with van der Waals surface area (Å²) in [6, 6.07) is 14.0. The molecule has 2 rings (SSSR count). The van der Waals surface area contributed by atoms with Crippen molar-refractivity contribution in [1.82, 2.24) is 10.4 Å². The Balaban J connectivity index is 2.28. The largest absolute Gasteiger partial charge is 0.399 e. The van der Waals surface area contributed by atoms with Crippen LogP contribution >= 0.6 is 0 Å². The highest BCUT2D eigenvalue weighted by atomic mass is 16.5. The number of nitrogens with zero attached hydrogens (tertiary/aromatic N) is 2. The number of nitrogen functional groups attached to an aromatic ring is 1. The number of nitrogens with two attached hydrogens (primary N) is 1. The molecule has 30 heavy (non-hydrogen) atoms. The number of hydrogen-bond acceptors (Lipinski definition) is 5. The van der Waals surface area contributed by atoms with Crippen LogP contribution in [-0.4, -0.2) is 40.9 Å². The van der Waals surface area contributed by atoms with Gasteiger partial charge in [-0.25, -0.2) is 5.48 Å². The van der Waals surface area contributed by atoms with E-state index in [1.54, 1.807) is 47.4 Å². The molecule has 160 valence electrons. The van der Waals surface area contributed by atoms with Gasteiger partial charge >= 0.3 is 0 Å². The van der Waals surface area contributed by atoms with E-state index in [4.69, 9.17) is 10.9 Å². The second-order valence-electron chi connectivity index (χ2n) is 6.78. The number of hydrogen-bond donors (Lipinski definition) is 3. The molecular formula is C22H28N4O4. The third kappa shape index (κ3) is 6.05. The lowest BCUT2D eigenvalue weighted by Crippen LogP contribution is -2.32. The molecule has 2 aromatic rings. The summed E-state index contributed by atoms with van der Waals surface area (Å²) < 4.78 is 0. The van der Waals surface area contributed by atoms with E-state index in [1.807, 2.05) is 19.9 Å². The zero-order valence-corrected chi connectivity index (χ0v) is 17.3. The molecule has 0 aliphatic carbocycles. The molecule has 0 fully saturated rings. The highest BCUT2D eigenvalue weighted by molar-refractivity contribution is 5.96. The molecule has 0 atom stereocenters. The van der Waals surface area contributed by atoms with Crippen molar-refractivity contribution < 1.29 is 19.6 Å². The second kappa shape index (κ2) is 11.0. The number of carbonyl (C=O) groups is 3. The van der Waals surface area contributed by atoms with Crippen molar-refractivity contribution in [3.8, 4) is 0 Å². The molecular weight excluding hydrogens is 384 g/mol. The van der Waals surface area contributed by atoms with Gasteiger partial charge in [0.1, 0.15) is 0 Å². The smallest absolute Gasteiger partial charge is 0.253 e. The summed E-state index contributed by atoms with van der Waals surface area (Å²) in [5.41, 5.74) is 9.81. The van der Waals surface area contributed by atoms with E-state index in [0.717, 1.165) is 5.56 Å². The van der Waals surface area contributed by atoms with Crippen molar-refractivity contribution >= 4 is 29.1 Å². The molecule has 0 saturated carbocycles. The van der Waals surface area contributed by atoms with Gasteiger partial charge in [0.15, 0.2) is 0 Å². The Labute approximate surface area is 176 Å². The molecule has 0 aliphatic rings. The summed E-state index contributed by atoms with van der Waals surface area (Å²) in [5.74, 6) is -0.983. The third-order valence-corrected chi connectivity index (χ3v) is 4.76. The third-order valence-electron chi connectivity index (χ3n) is 4.76. The summed E-state index contributed by atoms with van der Waals surface area (Å²) in [4.78, 5) is 40.1. The van der Waals surface area contributed by atoms with Crippen LogP contribution in [0.4, 0.5) is 11.4 Å². The molecule has 0 saturated heterocycles. The second-order valence-corrected chi connectivity index (χ2v) is 6.78. The van der Waals surface area contributed by atoms with Gasteiger partial charge in [-0.15, -0.1) is 0 Å². The van der Waals surface area contributed by atoms with Crippen LogP contribution in [0.15, 0.2) is 48.5 Å². The van der Waals surface area contributed by atoms with Crippen LogP contribution in [0.3, 0.4) is 0 Å². The zero-order valence-electron chi connectivity index (χ0n) is 17.3. The monoisotopic (exact) mass is 412 g/mol. The minimum absolute atomic E-state index is 0.0631. The van der Waals surface area contributed by atoms with Gasteiger partial charge in [0, 0.05) is 42.9 Å². The SMILES string of the molecule is CCN(CC)C(=O)c1cccc(CN(C(=O)CCC(=O)NO)c2ccc(N)cc2)c1. The van der Waals surface area contributed by atoms with E-state index in [2.05, 4.69) is 0 Å². The number of amides is 3. The lowest BCUT2D eigenvalue weighted by Gasteiger charge is -2.24. The van der Waals surface area contributed by atoms with Gasteiger partial charge in [-0.2, -0.15) is 0 Å². The molecule has 8 nitrogen and oxygen atoms in total. The van der Waals surface area contributed by atoms with Crippen molar-refractivity contribution in [3.63, 3.8) is 0 Å². The Morgan fingerprint density at radius 1 is 1.00 bits per heavy atom. The molecule has 0 aromatic heterocycles. The Bertz CT molecular complexity index is 879. The average molecular weight is 412 g/mol. The highest BCUT2D eigenvalue weighted by Crippen LogP contribution is 2.21. The summed E-state index contributed by atoms with van der Waals surface area (Å²) >= 11 is 0. The predicted molar refractivity (Wildman–Crippen MR) is 115 cm³/mol. The van der Waals surface area contributed by atoms with Crippen molar-refractivity contribution in [2.75, 3.05) is 23.7 Å². The molecule has 0 unspecified atom stereocenters. The number of nitrogens with one attached hydrogen (secondary N) is 1. The van der Waals surface area contributed by atoms with Gasteiger partial charge in [-0.1, -0.05) is 12.1 Å². The van der Waals surface area contributed by atoms with E-state index in [-0.39, 0.29) is 31.2 Å². The topological polar surface area (TPSA) is 116 Å². The first kappa shape index (κ1) is 22.9. The lowest BCUT2D eigenvalue weighted by molar-refractivity contribution is -0.131. The van der Waals surface area contributed by atoms with Crippen LogP contribution in [0.5, 0.6) is 0 Å². The van der Waals surface area contributed by atoms with E-state index in [1.165, 1.54) is 10.4 Å². The van der Waals surface area contributed by atoms with Crippen molar-refractivity contribution in [3.05, 3.63) is 59.7 Å². The minimum Gasteiger partial charge on any atom is -0.399 e. The van der Waals surface area contributed by atoms with Crippen LogP contribution in [0.25, 0.3) is 0 Å². The molecule has 4 N–H and O–H groups in total. The van der Waals surface area contributed by atoms with Crippen molar-refractivity contribution in [2.45, 2.75) is 33.2 Å².